The SMILES string of the molecule is Cc1nc(Cc2ccccc2)sc1C(=O)NC(C)(CN)C1CC1.Cl.Cl. The van der Waals surface area contributed by atoms with Crippen molar-refractivity contribution in [2.24, 2.45) is 11.7 Å². The molecule has 3 rings (SSSR count). The lowest BCUT2D eigenvalue weighted by molar-refractivity contribution is 0.0901. The van der Waals surface area contributed by atoms with Crippen LogP contribution >= 0.6 is 36.2 Å². The first-order chi connectivity index (χ1) is 11.0. The van der Waals surface area contributed by atoms with Crippen LogP contribution in [0.1, 0.15) is 45.7 Å². The smallest absolute Gasteiger partial charge is 0.263 e. The molecule has 1 aliphatic carbocycles. The van der Waals surface area contributed by atoms with Gasteiger partial charge in [0.2, 0.25) is 0 Å². The van der Waals surface area contributed by atoms with Crippen LogP contribution in [0.2, 0.25) is 0 Å². The zero-order chi connectivity index (χ0) is 16.4. The molecule has 1 heterocycles. The fourth-order valence-electron chi connectivity index (χ4n) is 2.87. The summed E-state index contributed by atoms with van der Waals surface area (Å²) in [6, 6.07) is 10.2. The van der Waals surface area contributed by atoms with E-state index in [-0.39, 0.29) is 36.3 Å². The molecule has 2 aromatic rings. The number of thiazole rings is 1. The summed E-state index contributed by atoms with van der Waals surface area (Å²) in [6.07, 6.45) is 3.06. The summed E-state index contributed by atoms with van der Waals surface area (Å²) in [6.45, 7) is 4.42. The maximum atomic E-state index is 12.6. The second kappa shape index (κ2) is 8.99. The van der Waals surface area contributed by atoms with Gasteiger partial charge in [-0.2, -0.15) is 0 Å². The van der Waals surface area contributed by atoms with E-state index in [0.717, 1.165) is 30.0 Å². The zero-order valence-electron chi connectivity index (χ0n) is 14.5. The summed E-state index contributed by atoms with van der Waals surface area (Å²) in [5.41, 5.74) is 7.60. The van der Waals surface area contributed by atoms with E-state index < -0.39 is 0 Å². The average molecular weight is 402 g/mol. The van der Waals surface area contributed by atoms with Gasteiger partial charge < -0.3 is 11.1 Å². The van der Waals surface area contributed by atoms with Crippen molar-refractivity contribution in [3.05, 3.63) is 51.5 Å². The van der Waals surface area contributed by atoms with Crippen molar-refractivity contribution in [2.45, 2.75) is 38.6 Å². The average Bonchev–Trinajstić information content (AvgIpc) is 3.33. The van der Waals surface area contributed by atoms with E-state index in [1.165, 1.54) is 16.9 Å². The van der Waals surface area contributed by atoms with Crippen molar-refractivity contribution in [1.82, 2.24) is 10.3 Å². The standard InChI is InChI=1S/C18H23N3OS.2ClH/c1-12-16(17(22)21-18(2,11-19)14-8-9-14)23-15(20-12)10-13-6-4-3-5-7-13;;/h3-7,14H,8-11,19H2,1-2H3,(H,21,22);2*1H. The normalized spacial score (nSPS) is 15.5. The molecule has 1 unspecified atom stereocenters. The van der Waals surface area contributed by atoms with Crippen LogP contribution in [0.4, 0.5) is 0 Å². The largest absolute Gasteiger partial charge is 0.345 e. The van der Waals surface area contributed by atoms with Crippen molar-refractivity contribution in [3.8, 4) is 0 Å². The highest BCUT2D eigenvalue weighted by atomic mass is 35.5. The number of rotatable bonds is 6. The third kappa shape index (κ3) is 5.17. The molecule has 4 nitrogen and oxygen atoms in total. The Kier molecular flexibility index (Phi) is 7.88. The van der Waals surface area contributed by atoms with Gasteiger partial charge in [-0.25, -0.2) is 4.98 Å². The predicted molar refractivity (Wildman–Crippen MR) is 108 cm³/mol. The fraction of sp³-hybridized carbons (Fsp3) is 0.444. The highest BCUT2D eigenvalue weighted by molar-refractivity contribution is 7.13. The monoisotopic (exact) mass is 401 g/mol. The van der Waals surface area contributed by atoms with Gasteiger partial charge in [-0.3, -0.25) is 4.79 Å². The van der Waals surface area contributed by atoms with Crippen LogP contribution in [0, 0.1) is 12.8 Å². The summed E-state index contributed by atoms with van der Waals surface area (Å²) < 4.78 is 0. The molecule has 138 valence electrons. The Morgan fingerprint density at radius 1 is 1.32 bits per heavy atom. The molecule has 3 N–H and O–H groups in total. The van der Waals surface area contributed by atoms with Crippen LogP contribution < -0.4 is 11.1 Å². The van der Waals surface area contributed by atoms with Gasteiger partial charge in [0.1, 0.15) is 4.88 Å². The number of amides is 1. The molecular weight excluding hydrogens is 377 g/mol. The highest BCUT2D eigenvalue weighted by Crippen LogP contribution is 2.39. The van der Waals surface area contributed by atoms with Gasteiger partial charge in [0.25, 0.3) is 5.91 Å². The first-order valence-electron chi connectivity index (χ1n) is 8.04. The number of aromatic nitrogens is 1. The van der Waals surface area contributed by atoms with Crippen LogP contribution in [-0.2, 0) is 6.42 Å². The summed E-state index contributed by atoms with van der Waals surface area (Å²) in [5, 5.41) is 4.12. The first-order valence-corrected chi connectivity index (χ1v) is 8.86. The number of benzene rings is 1. The number of aryl methyl sites for hydroxylation is 1. The van der Waals surface area contributed by atoms with E-state index in [4.69, 9.17) is 5.73 Å². The minimum absolute atomic E-state index is 0. The van der Waals surface area contributed by atoms with Crippen LogP contribution in [0.15, 0.2) is 30.3 Å². The molecule has 25 heavy (non-hydrogen) atoms. The second-order valence-corrected chi connectivity index (χ2v) is 7.62. The molecule has 0 aliphatic heterocycles. The quantitative estimate of drug-likeness (QED) is 0.774. The Balaban J connectivity index is 0.00000156. The third-order valence-corrected chi connectivity index (χ3v) is 5.70. The van der Waals surface area contributed by atoms with Crippen molar-refractivity contribution in [2.75, 3.05) is 6.54 Å². The van der Waals surface area contributed by atoms with Gasteiger partial charge in [-0.15, -0.1) is 36.2 Å². The lowest BCUT2D eigenvalue weighted by atomic mass is 9.96. The number of nitrogens with zero attached hydrogens (tertiary/aromatic N) is 1. The Morgan fingerprint density at radius 3 is 2.52 bits per heavy atom. The van der Waals surface area contributed by atoms with Crippen LogP contribution in [0.3, 0.4) is 0 Å². The molecule has 0 spiro atoms. The van der Waals surface area contributed by atoms with Gasteiger partial charge >= 0.3 is 0 Å². The van der Waals surface area contributed by atoms with Gasteiger partial charge in [0.15, 0.2) is 0 Å². The number of carbonyl (C=O) groups excluding carboxylic acids is 1. The maximum Gasteiger partial charge on any atom is 0.263 e. The Labute approximate surface area is 165 Å². The molecule has 1 aliphatic rings. The van der Waals surface area contributed by atoms with E-state index >= 15 is 0 Å². The predicted octanol–water partition coefficient (Wildman–Crippen LogP) is 3.74. The minimum Gasteiger partial charge on any atom is -0.345 e. The molecule has 7 heteroatoms. The van der Waals surface area contributed by atoms with Crippen molar-refractivity contribution < 1.29 is 4.79 Å². The maximum absolute atomic E-state index is 12.6. The van der Waals surface area contributed by atoms with Gasteiger partial charge in [0, 0.05) is 13.0 Å². The first kappa shape index (κ1) is 21.9. The molecule has 1 aromatic heterocycles. The minimum atomic E-state index is -0.299. The molecule has 0 bridgehead atoms. The Bertz CT molecular complexity index is 704. The third-order valence-electron chi connectivity index (χ3n) is 4.55. The van der Waals surface area contributed by atoms with Gasteiger partial charge in [-0.1, -0.05) is 30.3 Å². The fourth-order valence-corrected chi connectivity index (χ4v) is 3.86. The number of hydrogen-bond acceptors (Lipinski definition) is 4. The topological polar surface area (TPSA) is 68.0 Å². The molecule has 1 amide bonds. The lowest BCUT2D eigenvalue weighted by Gasteiger charge is -2.29. The van der Waals surface area contributed by atoms with E-state index in [9.17, 15) is 4.79 Å². The van der Waals surface area contributed by atoms with E-state index in [1.54, 1.807) is 0 Å². The Hall–Kier alpha value is -1.14. The van der Waals surface area contributed by atoms with Gasteiger partial charge in [-0.05, 0) is 38.2 Å². The van der Waals surface area contributed by atoms with E-state index in [1.807, 2.05) is 32.0 Å². The zero-order valence-corrected chi connectivity index (χ0v) is 16.9. The summed E-state index contributed by atoms with van der Waals surface area (Å²) >= 11 is 1.48. The molecule has 1 aromatic carbocycles. The lowest BCUT2D eigenvalue weighted by Crippen LogP contribution is -2.53. The molecular formula is C18H25Cl2N3OS. The molecule has 1 saturated carbocycles. The molecule has 1 atom stereocenters. The number of hydrogen-bond donors (Lipinski definition) is 2. The number of carbonyl (C=O) groups is 1. The molecule has 1 fully saturated rings. The van der Waals surface area contributed by atoms with Gasteiger partial charge in [0.05, 0.1) is 16.2 Å². The molecule has 0 saturated heterocycles. The summed E-state index contributed by atoms with van der Waals surface area (Å²) in [5.74, 6) is 0.465. The Morgan fingerprint density at radius 2 is 1.96 bits per heavy atom. The number of nitrogens with one attached hydrogen (secondary N) is 1. The van der Waals surface area contributed by atoms with E-state index in [0.29, 0.717) is 17.3 Å². The second-order valence-electron chi connectivity index (χ2n) is 6.53. The number of nitrogens with two attached hydrogens (primary N) is 1. The van der Waals surface area contributed by atoms with Crippen molar-refractivity contribution >= 4 is 42.1 Å². The van der Waals surface area contributed by atoms with Crippen LogP contribution in [-0.4, -0.2) is 23.0 Å². The van der Waals surface area contributed by atoms with Crippen molar-refractivity contribution in [1.29, 1.82) is 0 Å². The summed E-state index contributed by atoms with van der Waals surface area (Å²) in [4.78, 5) is 17.9. The summed E-state index contributed by atoms with van der Waals surface area (Å²) in [7, 11) is 0. The highest BCUT2D eigenvalue weighted by Gasteiger charge is 2.42. The van der Waals surface area contributed by atoms with Crippen LogP contribution in [0.25, 0.3) is 0 Å². The van der Waals surface area contributed by atoms with Crippen molar-refractivity contribution in [3.63, 3.8) is 0 Å². The van der Waals surface area contributed by atoms with E-state index in [2.05, 4.69) is 22.4 Å². The van der Waals surface area contributed by atoms with Crippen LogP contribution in [0.5, 0.6) is 0 Å². The number of halogens is 2. The molecule has 0 radical (unpaired) electrons.